The molecule has 1 saturated carbocycles. The standard InChI is InChI=1S/C13H26N2O/c1-3-9-14-10-13(16)15-11(2)12-7-5-4-6-8-12/h11-12,14H,3-10H2,1-2H3,(H,15,16). The van der Waals surface area contributed by atoms with Gasteiger partial charge in [0.25, 0.3) is 0 Å². The Balaban J connectivity index is 2.16. The highest BCUT2D eigenvalue weighted by molar-refractivity contribution is 5.78. The third kappa shape index (κ3) is 4.97. The molecule has 16 heavy (non-hydrogen) atoms. The molecule has 1 unspecified atom stereocenters. The number of rotatable bonds is 6. The van der Waals surface area contributed by atoms with Crippen LogP contribution >= 0.6 is 0 Å². The zero-order valence-corrected chi connectivity index (χ0v) is 10.7. The molecule has 94 valence electrons. The molecular weight excluding hydrogens is 200 g/mol. The summed E-state index contributed by atoms with van der Waals surface area (Å²) in [7, 11) is 0. The van der Waals surface area contributed by atoms with Crippen LogP contribution in [0.2, 0.25) is 0 Å². The van der Waals surface area contributed by atoms with Gasteiger partial charge in [0.05, 0.1) is 6.54 Å². The minimum Gasteiger partial charge on any atom is -0.352 e. The van der Waals surface area contributed by atoms with Crippen molar-refractivity contribution in [3.8, 4) is 0 Å². The van der Waals surface area contributed by atoms with Crippen LogP contribution in [0.3, 0.4) is 0 Å². The van der Waals surface area contributed by atoms with Gasteiger partial charge in [-0.1, -0.05) is 26.2 Å². The van der Waals surface area contributed by atoms with Crippen molar-refractivity contribution in [2.24, 2.45) is 5.92 Å². The summed E-state index contributed by atoms with van der Waals surface area (Å²) < 4.78 is 0. The van der Waals surface area contributed by atoms with Gasteiger partial charge >= 0.3 is 0 Å². The van der Waals surface area contributed by atoms with Crippen LogP contribution in [0.4, 0.5) is 0 Å². The van der Waals surface area contributed by atoms with E-state index in [0.29, 0.717) is 18.5 Å². The molecule has 0 bridgehead atoms. The summed E-state index contributed by atoms with van der Waals surface area (Å²) in [5, 5.41) is 6.24. The molecule has 1 aliphatic carbocycles. The predicted octanol–water partition coefficient (Wildman–Crippen LogP) is 2.07. The maximum atomic E-state index is 11.6. The Kier molecular flexibility index (Phi) is 6.46. The Morgan fingerprint density at radius 1 is 1.31 bits per heavy atom. The molecular formula is C13H26N2O. The molecule has 0 aromatic carbocycles. The van der Waals surface area contributed by atoms with Gasteiger partial charge < -0.3 is 10.6 Å². The fraction of sp³-hybridized carbons (Fsp3) is 0.923. The second kappa shape index (κ2) is 7.66. The molecule has 0 saturated heterocycles. The van der Waals surface area contributed by atoms with Gasteiger partial charge in [0.1, 0.15) is 0 Å². The monoisotopic (exact) mass is 226 g/mol. The van der Waals surface area contributed by atoms with E-state index < -0.39 is 0 Å². The maximum Gasteiger partial charge on any atom is 0.234 e. The fourth-order valence-corrected chi connectivity index (χ4v) is 2.44. The predicted molar refractivity (Wildman–Crippen MR) is 67.3 cm³/mol. The Bertz CT molecular complexity index is 200. The molecule has 0 aliphatic heterocycles. The van der Waals surface area contributed by atoms with Crippen LogP contribution in [0, 0.1) is 5.92 Å². The molecule has 1 atom stereocenters. The van der Waals surface area contributed by atoms with E-state index in [1.165, 1.54) is 32.1 Å². The second-order valence-corrected chi connectivity index (χ2v) is 4.93. The average molecular weight is 226 g/mol. The third-order valence-electron chi connectivity index (χ3n) is 3.46. The molecule has 0 heterocycles. The van der Waals surface area contributed by atoms with Crippen molar-refractivity contribution in [1.29, 1.82) is 0 Å². The summed E-state index contributed by atoms with van der Waals surface area (Å²) in [6.45, 7) is 5.64. The summed E-state index contributed by atoms with van der Waals surface area (Å²) in [6, 6.07) is 0.344. The first kappa shape index (κ1) is 13.5. The van der Waals surface area contributed by atoms with Crippen molar-refractivity contribution >= 4 is 5.91 Å². The van der Waals surface area contributed by atoms with Crippen LogP contribution in [0.15, 0.2) is 0 Å². The minimum absolute atomic E-state index is 0.145. The summed E-state index contributed by atoms with van der Waals surface area (Å²) in [6.07, 6.45) is 7.67. The number of carbonyl (C=O) groups excluding carboxylic acids is 1. The van der Waals surface area contributed by atoms with Gasteiger partial charge in [0.2, 0.25) is 5.91 Å². The van der Waals surface area contributed by atoms with Gasteiger partial charge in [-0.3, -0.25) is 4.79 Å². The van der Waals surface area contributed by atoms with E-state index in [9.17, 15) is 4.79 Å². The number of nitrogens with one attached hydrogen (secondary N) is 2. The van der Waals surface area contributed by atoms with Crippen LogP contribution in [-0.4, -0.2) is 25.0 Å². The number of hydrogen-bond donors (Lipinski definition) is 2. The second-order valence-electron chi connectivity index (χ2n) is 4.93. The van der Waals surface area contributed by atoms with Gasteiger partial charge in [-0.2, -0.15) is 0 Å². The minimum atomic E-state index is 0.145. The molecule has 0 radical (unpaired) electrons. The first-order chi connectivity index (χ1) is 7.74. The lowest BCUT2D eigenvalue weighted by molar-refractivity contribution is -0.121. The van der Waals surface area contributed by atoms with Gasteiger partial charge in [0, 0.05) is 6.04 Å². The lowest BCUT2D eigenvalue weighted by Gasteiger charge is -2.28. The zero-order valence-electron chi connectivity index (χ0n) is 10.7. The van der Waals surface area contributed by atoms with Crippen LogP contribution < -0.4 is 10.6 Å². The highest BCUT2D eigenvalue weighted by Crippen LogP contribution is 2.26. The molecule has 3 heteroatoms. The highest BCUT2D eigenvalue weighted by atomic mass is 16.1. The van der Waals surface area contributed by atoms with Crippen molar-refractivity contribution in [2.45, 2.75) is 58.4 Å². The van der Waals surface area contributed by atoms with Crippen LogP contribution in [-0.2, 0) is 4.79 Å². The number of amides is 1. The van der Waals surface area contributed by atoms with Crippen molar-refractivity contribution in [3.05, 3.63) is 0 Å². The maximum absolute atomic E-state index is 11.6. The molecule has 0 aromatic heterocycles. The lowest BCUT2D eigenvalue weighted by Crippen LogP contribution is -2.43. The van der Waals surface area contributed by atoms with Crippen molar-refractivity contribution in [3.63, 3.8) is 0 Å². The molecule has 1 amide bonds. The Hall–Kier alpha value is -0.570. The Labute approximate surface area is 99.4 Å². The van der Waals surface area contributed by atoms with E-state index in [1.807, 2.05) is 0 Å². The number of carbonyl (C=O) groups is 1. The Morgan fingerprint density at radius 2 is 2.00 bits per heavy atom. The van der Waals surface area contributed by atoms with E-state index in [4.69, 9.17) is 0 Å². The van der Waals surface area contributed by atoms with E-state index in [-0.39, 0.29) is 5.91 Å². The van der Waals surface area contributed by atoms with Crippen molar-refractivity contribution in [2.75, 3.05) is 13.1 Å². The molecule has 1 fully saturated rings. The fourth-order valence-electron chi connectivity index (χ4n) is 2.44. The average Bonchev–Trinajstić information content (AvgIpc) is 2.30. The normalized spacial score (nSPS) is 19.4. The van der Waals surface area contributed by atoms with E-state index in [2.05, 4.69) is 24.5 Å². The van der Waals surface area contributed by atoms with Crippen LogP contribution in [0.5, 0.6) is 0 Å². The van der Waals surface area contributed by atoms with Crippen molar-refractivity contribution < 1.29 is 4.79 Å². The smallest absolute Gasteiger partial charge is 0.234 e. The molecule has 0 spiro atoms. The van der Waals surface area contributed by atoms with E-state index in [1.54, 1.807) is 0 Å². The third-order valence-corrected chi connectivity index (χ3v) is 3.46. The van der Waals surface area contributed by atoms with Crippen LogP contribution in [0.25, 0.3) is 0 Å². The highest BCUT2D eigenvalue weighted by Gasteiger charge is 2.20. The molecule has 1 rings (SSSR count). The Morgan fingerprint density at radius 3 is 2.62 bits per heavy atom. The molecule has 3 nitrogen and oxygen atoms in total. The van der Waals surface area contributed by atoms with Gasteiger partial charge in [-0.25, -0.2) is 0 Å². The summed E-state index contributed by atoms with van der Waals surface area (Å²) in [5.74, 6) is 0.843. The topological polar surface area (TPSA) is 41.1 Å². The van der Waals surface area contributed by atoms with Gasteiger partial charge in [0.15, 0.2) is 0 Å². The molecule has 1 aliphatic rings. The zero-order chi connectivity index (χ0) is 11.8. The summed E-state index contributed by atoms with van der Waals surface area (Å²) in [5.41, 5.74) is 0. The quantitative estimate of drug-likeness (QED) is 0.681. The first-order valence-corrected chi connectivity index (χ1v) is 6.74. The van der Waals surface area contributed by atoms with Gasteiger partial charge in [-0.05, 0) is 38.6 Å². The van der Waals surface area contributed by atoms with Gasteiger partial charge in [-0.15, -0.1) is 0 Å². The first-order valence-electron chi connectivity index (χ1n) is 6.74. The summed E-state index contributed by atoms with van der Waals surface area (Å²) >= 11 is 0. The largest absolute Gasteiger partial charge is 0.352 e. The summed E-state index contributed by atoms with van der Waals surface area (Å²) in [4.78, 5) is 11.6. The van der Waals surface area contributed by atoms with Crippen molar-refractivity contribution in [1.82, 2.24) is 10.6 Å². The SMILES string of the molecule is CCCNCC(=O)NC(C)C1CCCCC1. The lowest BCUT2D eigenvalue weighted by atomic mass is 9.84. The van der Waals surface area contributed by atoms with E-state index >= 15 is 0 Å². The van der Waals surface area contributed by atoms with E-state index in [0.717, 1.165) is 13.0 Å². The van der Waals surface area contributed by atoms with Crippen LogP contribution in [0.1, 0.15) is 52.4 Å². The molecule has 2 N–H and O–H groups in total. The molecule has 0 aromatic rings. The number of hydrogen-bond acceptors (Lipinski definition) is 2.